The van der Waals surface area contributed by atoms with Crippen LogP contribution in [0.1, 0.15) is 18.4 Å². The number of nitrogens with one attached hydrogen (secondary N) is 1. The van der Waals surface area contributed by atoms with E-state index in [0.29, 0.717) is 5.56 Å². The first-order chi connectivity index (χ1) is 9.11. The fraction of sp³-hybridized carbons (Fsp3) is 0.455. The Labute approximate surface area is 118 Å². The average molecular weight is 330 g/mol. The molecule has 0 radical (unpaired) electrons. The molecular formula is C11H11ClF3NO3S. The lowest BCUT2D eigenvalue weighted by atomic mass is 10.2. The van der Waals surface area contributed by atoms with Crippen LogP contribution in [0.5, 0.6) is 0 Å². The highest BCUT2D eigenvalue weighted by Crippen LogP contribution is 2.49. The number of rotatable bonds is 4. The minimum absolute atomic E-state index is 0.0211. The van der Waals surface area contributed by atoms with Crippen molar-refractivity contribution in [3.63, 3.8) is 0 Å². The van der Waals surface area contributed by atoms with Gasteiger partial charge in [0.1, 0.15) is 5.54 Å². The van der Waals surface area contributed by atoms with Crippen LogP contribution in [0.15, 0.2) is 23.1 Å². The molecular weight excluding hydrogens is 319 g/mol. The number of halogens is 4. The van der Waals surface area contributed by atoms with Gasteiger partial charge in [-0.05, 0) is 30.5 Å². The molecule has 1 aliphatic rings. The lowest BCUT2D eigenvalue weighted by Crippen LogP contribution is -2.47. The van der Waals surface area contributed by atoms with E-state index in [4.69, 9.17) is 16.7 Å². The molecule has 0 unspecified atom stereocenters. The number of hydrogen-bond donors (Lipinski definition) is 2. The van der Waals surface area contributed by atoms with Crippen molar-refractivity contribution in [1.82, 2.24) is 4.72 Å². The van der Waals surface area contributed by atoms with Crippen LogP contribution in [0.2, 0.25) is 5.02 Å². The summed E-state index contributed by atoms with van der Waals surface area (Å²) in [6.45, 7) is -0.390. The summed E-state index contributed by atoms with van der Waals surface area (Å²) in [6, 6.07) is 3.37. The standard InChI is InChI=1S/C11H11ClF3NO3S/c12-9-5-8(2-1-7(9)6-17)20(18,19)16-10(3-4-10)11(13,14)15/h1-2,5,16-17H,3-4,6H2. The fourth-order valence-electron chi connectivity index (χ4n) is 1.71. The molecule has 0 aromatic heterocycles. The van der Waals surface area contributed by atoms with Gasteiger partial charge < -0.3 is 5.11 Å². The lowest BCUT2D eigenvalue weighted by Gasteiger charge is -2.20. The van der Waals surface area contributed by atoms with E-state index in [2.05, 4.69) is 0 Å². The summed E-state index contributed by atoms with van der Waals surface area (Å²) in [5.41, 5.74) is -2.07. The van der Waals surface area contributed by atoms with Crippen molar-refractivity contribution in [3.8, 4) is 0 Å². The SMILES string of the molecule is O=S(=O)(NC1(C(F)(F)F)CC1)c1ccc(CO)c(Cl)c1. The van der Waals surface area contributed by atoms with Gasteiger partial charge in [0.15, 0.2) is 0 Å². The molecule has 1 aliphatic carbocycles. The number of hydrogen-bond acceptors (Lipinski definition) is 3. The minimum atomic E-state index is -4.63. The number of sulfonamides is 1. The van der Waals surface area contributed by atoms with E-state index in [-0.39, 0.29) is 29.4 Å². The van der Waals surface area contributed by atoms with Crippen LogP contribution in [-0.2, 0) is 16.6 Å². The second kappa shape index (κ2) is 4.87. The topological polar surface area (TPSA) is 66.4 Å². The van der Waals surface area contributed by atoms with Crippen LogP contribution in [-0.4, -0.2) is 25.2 Å². The van der Waals surface area contributed by atoms with Crippen molar-refractivity contribution in [2.45, 2.75) is 36.1 Å². The predicted octanol–water partition coefficient (Wildman–Crippen LogP) is 2.21. The van der Waals surface area contributed by atoms with Gasteiger partial charge in [0.25, 0.3) is 0 Å². The predicted molar refractivity (Wildman–Crippen MR) is 65.7 cm³/mol. The second-order valence-corrected chi connectivity index (χ2v) is 6.69. The molecule has 0 aliphatic heterocycles. The van der Waals surface area contributed by atoms with Gasteiger partial charge in [-0.25, -0.2) is 8.42 Å². The van der Waals surface area contributed by atoms with E-state index in [1.54, 1.807) is 4.72 Å². The molecule has 0 amide bonds. The van der Waals surface area contributed by atoms with E-state index < -0.39 is 21.7 Å². The summed E-state index contributed by atoms with van der Waals surface area (Å²) in [5, 5.41) is 8.90. The second-order valence-electron chi connectivity index (χ2n) is 4.60. The van der Waals surface area contributed by atoms with Crippen molar-refractivity contribution in [2.75, 3.05) is 0 Å². The zero-order valence-electron chi connectivity index (χ0n) is 10.0. The van der Waals surface area contributed by atoms with E-state index in [0.717, 1.165) is 12.1 Å². The highest BCUT2D eigenvalue weighted by molar-refractivity contribution is 7.89. The van der Waals surface area contributed by atoms with Gasteiger partial charge in [0, 0.05) is 5.02 Å². The Bertz CT molecular complexity index is 626. The van der Waals surface area contributed by atoms with Gasteiger partial charge in [-0.3, -0.25) is 0 Å². The zero-order chi connectivity index (χ0) is 15.2. The highest BCUT2D eigenvalue weighted by Gasteiger charge is 2.65. The smallest absolute Gasteiger partial charge is 0.392 e. The van der Waals surface area contributed by atoms with Crippen molar-refractivity contribution >= 4 is 21.6 Å². The maximum absolute atomic E-state index is 12.8. The van der Waals surface area contributed by atoms with Crippen LogP contribution < -0.4 is 4.72 Å². The van der Waals surface area contributed by atoms with Crippen LogP contribution in [0, 0.1) is 0 Å². The lowest BCUT2D eigenvalue weighted by molar-refractivity contribution is -0.160. The van der Waals surface area contributed by atoms with E-state index in [1.807, 2.05) is 0 Å². The Balaban J connectivity index is 2.30. The Morgan fingerprint density at radius 2 is 1.95 bits per heavy atom. The van der Waals surface area contributed by atoms with Gasteiger partial charge in [0.05, 0.1) is 11.5 Å². The molecule has 0 saturated heterocycles. The molecule has 0 atom stereocenters. The van der Waals surface area contributed by atoms with Gasteiger partial charge in [-0.1, -0.05) is 17.7 Å². The van der Waals surface area contributed by atoms with Crippen LogP contribution in [0.3, 0.4) is 0 Å². The molecule has 1 saturated carbocycles. The largest absolute Gasteiger partial charge is 0.407 e. The van der Waals surface area contributed by atoms with Crippen molar-refractivity contribution < 1.29 is 26.7 Å². The summed E-state index contributed by atoms with van der Waals surface area (Å²) in [4.78, 5) is -0.366. The molecule has 9 heteroatoms. The average Bonchev–Trinajstić information content (AvgIpc) is 3.08. The molecule has 1 aromatic rings. The Morgan fingerprint density at radius 1 is 1.35 bits per heavy atom. The minimum Gasteiger partial charge on any atom is -0.392 e. The monoisotopic (exact) mass is 329 g/mol. The number of benzene rings is 1. The van der Waals surface area contributed by atoms with Crippen molar-refractivity contribution in [2.24, 2.45) is 0 Å². The Hall–Kier alpha value is -0.830. The molecule has 0 heterocycles. The molecule has 112 valence electrons. The first kappa shape index (κ1) is 15.6. The summed E-state index contributed by atoms with van der Waals surface area (Å²) >= 11 is 5.74. The molecule has 2 N–H and O–H groups in total. The molecule has 1 fully saturated rings. The molecule has 0 spiro atoms. The van der Waals surface area contributed by atoms with E-state index in [9.17, 15) is 21.6 Å². The summed E-state index contributed by atoms with van der Waals surface area (Å²) in [7, 11) is -4.32. The van der Waals surface area contributed by atoms with Gasteiger partial charge in [-0.2, -0.15) is 17.9 Å². The van der Waals surface area contributed by atoms with E-state index >= 15 is 0 Å². The Kier molecular flexibility index (Phi) is 3.79. The third-order valence-corrected chi connectivity index (χ3v) is 5.01. The Morgan fingerprint density at radius 3 is 2.35 bits per heavy atom. The van der Waals surface area contributed by atoms with Crippen LogP contribution in [0.4, 0.5) is 13.2 Å². The third-order valence-electron chi connectivity index (χ3n) is 3.13. The van der Waals surface area contributed by atoms with Gasteiger partial charge in [-0.15, -0.1) is 0 Å². The molecule has 4 nitrogen and oxygen atoms in total. The molecule has 0 bridgehead atoms. The van der Waals surface area contributed by atoms with Gasteiger partial charge >= 0.3 is 6.18 Å². The van der Waals surface area contributed by atoms with E-state index in [1.165, 1.54) is 6.07 Å². The summed E-state index contributed by atoms with van der Waals surface area (Å²) in [5.74, 6) is 0. The van der Waals surface area contributed by atoms with Gasteiger partial charge in [0.2, 0.25) is 10.0 Å². The number of alkyl halides is 3. The van der Waals surface area contributed by atoms with Crippen molar-refractivity contribution in [1.29, 1.82) is 0 Å². The summed E-state index contributed by atoms with van der Waals surface area (Å²) in [6.07, 6.45) is -5.19. The first-order valence-electron chi connectivity index (χ1n) is 5.61. The van der Waals surface area contributed by atoms with Crippen LogP contribution >= 0.6 is 11.6 Å². The third kappa shape index (κ3) is 2.78. The first-order valence-corrected chi connectivity index (χ1v) is 7.47. The quantitative estimate of drug-likeness (QED) is 0.890. The number of aliphatic hydroxyl groups excluding tert-OH is 1. The number of aliphatic hydroxyl groups is 1. The maximum Gasteiger partial charge on any atom is 0.407 e. The maximum atomic E-state index is 12.8. The molecule has 1 aromatic carbocycles. The molecule has 2 rings (SSSR count). The molecule has 20 heavy (non-hydrogen) atoms. The van der Waals surface area contributed by atoms with Crippen molar-refractivity contribution in [3.05, 3.63) is 28.8 Å². The van der Waals surface area contributed by atoms with Crippen LogP contribution in [0.25, 0.3) is 0 Å². The zero-order valence-corrected chi connectivity index (χ0v) is 11.6. The normalized spacial score (nSPS) is 18.1. The fourth-order valence-corrected chi connectivity index (χ4v) is 3.49. The highest BCUT2D eigenvalue weighted by atomic mass is 35.5. The summed E-state index contributed by atoms with van der Waals surface area (Å²) < 4.78 is 63.9.